The highest BCUT2D eigenvalue weighted by Crippen LogP contribution is 2.28. The molecule has 0 saturated carbocycles. The first kappa shape index (κ1) is 20.6. The van der Waals surface area contributed by atoms with Gasteiger partial charge in [0.25, 0.3) is 0 Å². The summed E-state index contributed by atoms with van der Waals surface area (Å²) in [6.45, 7) is 8.88. The van der Waals surface area contributed by atoms with Gasteiger partial charge in [0, 0.05) is 26.1 Å². The second-order valence-corrected chi connectivity index (χ2v) is 7.60. The molecule has 1 aromatic rings. The summed E-state index contributed by atoms with van der Waals surface area (Å²) in [5.74, 6) is 3.10. The molecule has 0 aliphatic carbocycles. The SMILES string of the molecule is COc1ccc(CCC(=O)NCCCN2C[C@H](C)C[C@H](C)C2)cc1OC. The second-order valence-electron chi connectivity index (χ2n) is 7.60. The maximum absolute atomic E-state index is 12.1. The third-order valence-electron chi connectivity index (χ3n) is 5.01. The van der Waals surface area contributed by atoms with Gasteiger partial charge in [-0.05, 0) is 55.3 Å². The first-order chi connectivity index (χ1) is 12.5. The lowest BCUT2D eigenvalue weighted by Crippen LogP contribution is -2.40. The van der Waals surface area contributed by atoms with Crippen LogP contribution in [0.15, 0.2) is 18.2 Å². The number of carbonyl (C=O) groups excluding carboxylic acids is 1. The van der Waals surface area contributed by atoms with Crippen LogP contribution < -0.4 is 14.8 Å². The summed E-state index contributed by atoms with van der Waals surface area (Å²) in [6, 6.07) is 5.80. The normalized spacial score (nSPS) is 20.6. The van der Waals surface area contributed by atoms with Crippen LogP contribution in [0.1, 0.15) is 38.7 Å². The van der Waals surface area contributed by atoms with Crippen LogP contribution in [0.2, 0.25) is 0 Å². The fourth-order valence-corrected chi connectivity index (χ4v) is 3.89. The van der Waals surface area contributed by atoms with Crippen LogP contribution >= 0.6 is 0 Å². The number of rotatable bonds is 9. The van der Waals surface area contributed by atoms with Crippen molar-refractivity contribution in [1.82, 2.24) is 10.2 Å². The predicted molar refractivity (Wildman–Crippen MR) is 105 cm³/mol. The van der Waals surface area contributed by atoms with E-state index in [1.165, 1.54) is 19.5 Å². The number of aryl methyl sites for hydroxylation is 1. The van der Waals surface area contributed by atoms with Gasteiger partial charge < -0.3 is 19.7 Å². The first-order valence-electron chi connectivity index (χ1n) is 9.71. The summed E-state index contributed by atoms with van der Waals surface area (Å²) in [5, 5.41) is 3.04. The lowest BCUT2D eigenvalue weighted by atomic mass is 9.92. The number of amides is 1. The summed E-state index contributed by atoms with van der Waals surface area (Å²) in [6.07, 6.45) is 3.55. The average Bonchev–Trinajstić information content (AvgIpc) is 2.62. The molecule has 0 radical (unpaired) electrons. The Labute approximate surface area is 158 Å². The molecule has 1 aliphatic rings. The second kappa shape index (κ2) is 10.4. The number of benzene rings is 1. The minimum absolute atomic E-state index is 0.111. The number of carbonyl (C=O) groups is 1. The molecule has 1 fully saturated rings. The van der Waals surface area contributed by atoms with Crippen molar-refractivity contribution in [1.29, 1.82) is 0 Å². The minimum Gasteiger partial charge on any atom is -0.493 e. The van der Waals surface area contributed by atoms with E-state index in [0.717, 1.165) is 36.9 Å². The van der Waals surface area contributed by atoms with Crippen molar-refractivity contribution < 1.29 is 14.3 Å². The maximum atomic E-state index is 12.1. The Morgan fingerprint density at radius 3 is 2.50 bits per heavy atom. The molecule has 0 bridgehead atoms. The number of methoxy groups -OCH3 is 2. The van der Waals surface area contributed by atoms with Crippen LogP contribution in [0.25, 0.3) is 0 Å². The van der Waals surface area contributed by atoms with E-state index in [9.17, 15) is 4.79 Å². The van der Waals surface area contributed by atoms with Gasteiger partial charge in [-0.3, -0.25) is 4.79 Å². The lowest BCUT2D eigenvalue weighted by molar-refractivity contribution is -0.121. The fraction of sp³-hybridized carbons (Fsp3) is 0.667. The first-order valence-corrected chi connectivity index (χ1v) is 9.71. The van der Waals surface area contributed by atoms with Gasteiger partial charge in [0.2, 0.25) is 5.91 Å². The highest BCUT2D eigenvalue weighted by atomic mass is 16.5. The van der Waals surface area contributed by atoms with Gasteiger partial charge in [0.05, 0.1) is 14.2 Å². The Bertz CT molecular complexity index is 566. The predicted octanol–water partition coefficient (Wildman–Crippen LogP) is 3.12. The minimum atomic E-state index is 0.111. The number of hydrogen-bond acceptors (Lipinski definition) is 4. The molecule has 1 amide bonds. The summed E-state index contributed by atoms with van der Waals surface area (Å²) in [4.78, 5) is 14.6. The maximum Gasteiger partial charge on any atom is 0.220 e. The molecule has 1 aromatic carbocycles. The van der Waals surface area contributed by atoms with E-state index in [0.29, 0.717) is 24.3 Å². The zero-order valence-electron chi connectivity index (χ0n) is 16.7. The monoisotopic (exact) mass is 362 g/mol. The Morgan fingerprint density at radius 1 is 1.15 bits per heavy atom. The van der Waals surface area contributed by atoms with E-state index in [-0.39, 0.29) is 5.91 Å². The number of hydrogen-bond donors (Lipinski definition) is 1. The number of likely N-dealkylation sites (tertiary alicyclic amines) is 1. The topological polar surface area (TPSA) is 50.8 Å². The number of piperidine rings is 1. The van der Waals surface area contributed by atoms with Gasteiger partial charge in [0.15, 0.2) is 11.5 Å². The van der Waals surface area contributed by atoms with E-state index < -0.39 is 0 Å². The van der Waals surface area contributed by atoms with Gasteiger partial charge in [-0.2, -0.15) is 0 Å². The van der Waals surface area contributed by atoms with E-state index in [4.69, 9.17) is 9.47 Å². The van der Waals surface area contributed by atoms with Crippen LogP contribution in [0.4, 0.5) is 0 Å². The van der Waals surface area contributed by atoms with Crippen molar-refractivity contribution in [2.75, 3.05) is 40.4 Å². The van der Waals surface area contributed by atoms with Gasteiger partial charge >= 0.3 is 0 Å². The van der Waals surface area contributed by atoms with Gasteiger partial charge in [-0.25, -0.2) is 0 Å². The molecule has 146 valence electrons. The van der Waals surface area contributed by atoms with Crippen LogP contribution in [0.5, 0.6) is 11.5 Å². The molecule has 1 heterocycles. The lowest BCUT2D eigenvalue weighted by Gasteiger charge is -2.34. The molecule has 0 spiro atoms. The zero-order valence-corrected chi connectivity index (χ0v) is 16.7. The molecule has 5 nitrogen and oxygen atoms in total. The van der Waals surface area contributed by atoms with Crippen molar-refractivity contribution in [2.45, 2.75) is 39.5 Å². The summed E-state index contributed by atoms with van der Waals surface area (Å²) in [7, 11) is 3.24. The molecular formula is C21H34N2O3. The van der Waals surface area contributed by atoms with Gasteiger partial charge in [-0.1, -0.05) is 19.9 Å². The largest absolute Gasteiger partial charge is 0.493 e. The third-order valence-corrected chi connectivity index (χ3v) is 5.01. The summed E-state index contributed by atoms with van der Waals surface area (Å²) >= 11 is 0. The van der Waals surface area contributed by atoms with Crippen molar-refractivity contribution in [3.63, 3.8) is 0 Å². The molecule has 2 atom stereocenters. The zero-order chi connectivity index (χ0) is 18.9. The van der Waals surface area contributed by atoms with Gasteiger partial charge in [-0.15, -0.1) is 0 Å². The molecule has 1 N–H and O–H groups in total. The molecule has 2 rings (SSSR count). The highest BCUT2D eigenvalue weighted by molar-refractivity contribution is 5.76. The summed E-state index contributed by atoms with van der Waals surface area (Å²) in [5.41, 5.74) is 1.08. The van der Waals surface area contributed by atoms with Crippen molar-refractivity contribution in [2.24, 2.45) is 11.8 Å². The smallest absolute Gasteiger partial charge is 0.220 e. The van der Waals surface area contributed by atoms with Crippen LogP contribution in [-0.4, -0.2) is 51.2 Å². The van der Waals surface area contributed by atoms with Crippen molar-refractivity contribution in [3.8, 4) is 11.5 Å². The number of nitrogens with one attached hydrogen (secondary N) is 1. The van der Waals surface area contributed by atoms with E-state index in [2.05, 4.69) is 24.1 Å². The molecule has 0 unspecified atom stereocenters. The number of nitrogens with zero attached hydrogens (tertiary/aromatic N) is 1. The van der Waals surface area contributed by atoms with Crippen LogP contribution in [-0.2, 0) is 11.2 Å². The van der Waals surface area contributed by atoms with Crippen LogP contribution in [0.3, 0.4) is 0 Å². The van der Waals surface area contributed by atoms with Crippen molar-refractivity contribution >= 4 is 5.91 Å². The van der Waals surface area contributed by atoms with Crippen LogP contribution in [0, 0.1) is 11.8 Å². The molecule has 5 heteroatoms. The molecule has 26 heavy (non-hydrogen) atoms. The standard InChI is InChI=1S/C21H34N2O3/c1-16-12-17(2)15-23(14-16)11-5-10-22-21(24)9-7-18-6-8-19(25-3)20(13-18)26-4/h6,8,13,16-17H,5,7,9-12,14-15H2,1-4H3,(H,22,24)/t16-,17+. The number of ether oxygens (including phenoxy) is 2. The Hall–Kier alpha value is -1.75. The summed E-state index contributed by atoms with van der Waals surface area (Å²) < 4.78 is 10.5. The van der Waals surface area contributed by atoms with E-state index in [1.807, 2.05) is 18.2 Å². The quantitative estimate of drug-likeness (QED) is 0.686. The third kappa shape index (κ3) is 6.52. The Kier molecular flexibility index (Phi) is 8.23. The molecule has 1 aliphatic heterocycles. The van der Waals surface area contributed by atoms with E-state index in [1.54, 1.807) is 14.2 Å². The Balaban J connectivity index is 1.65. The fourth-order valence-electron chi connectivity index (χ4n) is 3.89. The van der Waals surface area contributed by atoms with Gasteiger partial charge in [0.1, 0.15) is 0 Å². The average molecular weight is 363 g/mol. The highest BCUT2D eigenvalue weighted by Gasteiger charge is 2.21. The van der Waals surface area contributed by atoms with Crippen molar-refractivity contribution in [3.05, 3.63) is 23.8 Å². The molecule has 0 aromatic heterocycles. The molecule has 1 saturated heterocycles. The Morgan fingerprint density at radius 2 is 1.85 bits per heavy atom. The van der Waals surface area contributed by atoms with E-state index >= 15 is 0 Å². The molecular weight excluding hydrogens is 328 g/mol.